The summed E-state index contributed by atoms with van der Waals surface area (Å²) in [4.78, 5) is 1.60. The predicted molar refractivity (Wildman–Crippen MR) is 52.2 cm³/mol. The van der Waals surface area contributed by atoms with Crippen LogP contribution in [0.1, 0.15) is 20.3 Å². The van der Waals surface area contributed by atoms with E-state index in [0.717, 1.165) is 5.70 Å². The molecule has 2 saturated heterocycles. The van der Waals surface area contributed by atoms with Gasteiger partial charge < -0.3 is 4.90 Å². The highest BCUT2D eigenvalue weighted by Crippen LogP contribution is 2.52. The van der Waals surface area contributed by atoms with Crippen molar-refractivity contribution in [2.24, 2.45) is 11.8 Å². The Bertz CT molecular complexity index is 292. The molecule has 14 heavy (non-hydrogen) atoms. The van der Waals surface area contributed by atoms with E-state index in [1.165, 1.54) is 0 Å². The van der Waals surface area contributed by atoms with Crippen molar-refractivity contribution in [1.29, 1.82) is 0 Å². The van der Waals surface area contributed by atoms with E-state index >= 15 is 0 Å². The lowest BCUT2D eigenvalue weighted by molar-refractivity contribution is 0.0105. The van der Waals surface area contributed by atoms with E-state index in [2.05, 4.69) is 6.58 Å². The van der Waals surface area contributed by atoms with Crippen molar-refractivity contribution in [2.75, 3.05) is 6.54 Å². The number of allylic oxidation sites excluding steroid dienone is 1. The third-order valence-electron chi connectivity index (χ3n) is 3.84. The van der Waals surface area contributed by atoms with E-state index in [4.69, 9.17) is 7.85 Å². The van der Waals surface area contributed by atoms with E-state index in [9.17, 15) is 8.78 Å². The fourth-order valence-corrected chi connectivity index (χ4v) is 2.69. The summed E-state index contributed by atoms with van der Waals surface area (Å²) >= 11 is 0. The van der Waals surface area contributed by atoms with E-state index < -0.39 is 11.4 Å². The van der Waals surface area contributed by atoms with E-state index in [1.54, 1.807) is 4.90 Å². The van der Waals surface area contributed by atoms with E-state index in [-0.39, 0.29) is 24.8 Å². The number of fused-ring (bicyclic) bond motifs is 1. The Labute approximate surface area is 84.6 Å². The van der Waals surface area contributed by atoms with Gasteiger partial charge in [-0.1, -0.05) is 20.4 Å². The van der Waals surface area contributed by atoms with Gasteiger partial charge in [-0.3, -0.25) is 0 Å². The summed E-state index contributed by atoms with van der Waals surface area (Å²) in [5.41, 5.74) is -0.114. The number of nitrogens with zero attached hydrogens (tertiary/aromatic N) is 1. The van der Waals surface area contributed by atoms with Crippen LogP contribution in [0.25, 0.3) is 0 Å². The molecule has 2 heterocycles. The molecule has 2 rings (SSSR count). The minimum absolute atomic E-state index is 0.0448. The van der Waals surface area contributed by atoms with Crippen LogP contribution in [-0.2, 0) is 0 Å². The standard InChI is InChI=1S/C10H14BF2N/c1-6-7(2)10(11)4-9(12,13)5-14(10)8(6)3/h6-7H,3-5H2,1-2H3. The summed E-state index contributed by atoms with van der Waals surface area (Å²) in [7, 11) is 6.05. The molecule has 1 nitrogen and oxygen atoms in total. The Hall–Kier alpha value is -0.535. The zero-order valence-corrected chi connectivity index (χ0v) is 8.56. The zero-order chi connectivity index (χ0) is 10.7. The highest BCUT2D eigenvalue weighted by Gasteiger charge is 2.59. The van der Waals surface area contributed by atoms with Crippen molar-refractivity contribution < 1.29 is 8.78 Å². The highest BCUT2D eigenvalue weighted by molar-refractivity contribution is 6.16. The first kappa shape index (κ1) is 10.00. The quantitative estimate of drug-likeness (QED) is 0.536. The molecule has 2 radical (unpaired) electrons. The summed E-state index contributed by atoms with van der Waals surface area (Å²) in [6.07, 6.45) is -0.246. The average molecular weight is 197 g/mol. The molecule has 0 bridgehead atoms. The van der Waals surface area contributed by atoms with Crippen LogP contribution in [-0.4, -0.2) is 30.7 Å². The number of rotatable bonds is 0. The van der Waals surface area contributed by atoms with Crippen LogP contribution in [0.4, 0.5) is 8.78 Å². The van der Waals surface area contributed by atoms with Crippen LogP contribution >= 0.6 is 0 Å². The van der Waals surface area contributed by atoms with Crippen molar-refractivity contribution in [3.8, 4) is 0 Å². The zero-order valence-electron chi connectivity index (χ0n) is 8.56. The molecule has 0 aromatic heterocycles. The second-order valence-electron chi connectivity index (χ2n) is 4.68. The fourth-order valence-electron chi connectivity index (χ4n) is 2.69. The van der Waals surface area contributed by atoms with Crippen LogP contribution in [0.15, 0.2) is 12.3 Å². The van der Waals surface area contributed by atoms with Gasteiger partial charge in [-0.25, -0.2) is 8.78 Å². The van der Waals surface area contributed by atoms with Gasteiger partial charge in [-0.15, -0.1) is 0 Å². The van der Waals surface area contributed by atoms with Gasteiger partial charge in [-0.2, -0.15) is 0 Å². The number of alkyl halides is 2. The van der Waals surface area contributed by atoms with Crippen LogP contribution in [0.3, 0.4) is 0 Å². The maximum Gasteiger partial charge on any atom is 0.266 e. The molecule has 4 heteroatoms. The summed E-state index contributed by atoms with van der Waals surface area (Å²) in [5, 5.41) is 0. The van der Waals surface area contributed by atoms with E-state index in [1.807, 2.05) is 13.8 Å². The van der Waals surface area contributed by atoms with Crippen LogP contribution in [0.2, 0.25) is 0 Å². The SMILES string of the molecule is [B]C12CC(F)(F)CN1C(=C)C(C)C2C. The summed E-state index contributed by atoms with van der Waals surface area (Å²) in [6, 6.07) is 0. The highest BCUT2D eigenvalue weighted by atomic mass is 19.3. The monoisotopic (exact) mass is 197 g/mol. The molecule has 0 aromatic carbocycles. The normalized spacial score (nSPS) is 45.7. The molecule has 3 unspecified atom stereocenters. The lowest BCUT2D eigenvalue weighted by Crippen LogP contribution is -2.42. The van der Waals surface area contributed by atoms with Gasteiger partial charge in [0.15, 0.2) is 0 Å². The molecule has 0 aliphatic carbocycles. The number of hydrogen-bond donors (Lipinski definition) is 0. The van der Waals surface area contributed by atoms with Crippen molar-refractivity contribution in [3.05, 3.63) is 12.3 Å². The smallest absolute Gasteiger partial charge is 0.266 e. The topological polar surface area (TPSA) is 3.24 Å². The first-order chi connectivity index (χ1) is 6.28. The van der Waals surface area contributed by atoms with Gasteiger partial charge in [0.2, 0.25) is 0 Å². The van der Waals surface area contributed by atoms with Crippen LogP contribution in [0, 0.1) is 11.8 Å². The molecule has 0 spiro atoms. The Balaban J connectivity index is 2.37. The van der Waals surface area contributed by atoms with Crippen LogP contribution in [0.5, 0.6) is 0 Å². The van der Waals surface area contributed by atoms with Gasteiger partial charge in [0.1, 0.15) is 7.85 Å². The maximum atomic E-state index is 13.2. The Kier molecular flexibility index (Phi) is 1.80. The molecule has 3 atom stereocenters. The Morgan fingerprint density at radius 3 is 2.57 bits per heavy atom. The van der Waals surface area contributed by atoms with Gasteiger partial charge in [0.05, 0.1) is 6.54 Å². The van der Waals surface area contributed by atoms with Gasteiger partial charge in [-0.05, 0) is 11.8 Å². The van der Waals surface area contributed by atoms with Crippen molar-refractivity contribution in [2.45, 2.75) is 31.6 Å². The summed E-state index contributed by atoms with van der Waals surface area (Å²) in [5.74, 6) is -2.41. The third kappa shape index (κ3) is 1.06. The second kappa shape index (κ2) is 2.53. The van der Waals surface area contributed by atoms with E-state index in [0.29, 0.717) is 0 Å². The molecular formula is C10H14BF2N. The molecule has 0 aromatic rings. The molecular weight excluding hydrogens is 183 g/mol. The number of halogens is 2. The lowest BCUT2D eigenvalue weighted by atomic mass is 9.66. The summed E-state index contributed by atoms with van der Waals surface area (Å²) < 4.78 is 26.4. The molecule has 2 fully saturated rings. The molecule has 2 aliphatic heterocycles. The molecule has 76 valence electrons. The molecule has 0 amide bonds. The minimum atomic E-state index is -2.66. The Morgan fingerprint density at radius 1 is 1.50 bits per heavy atom. The van der Waals surface area contributed by atoms with Gasteiger partial charge in [0.25, 0.3) is 5.92 Å². The first-order valence-corrected chi connectivity index (χ1v) is 4.91. The van der Waals surface area contributed by atoms with Crippen LogP contribution < -0.4 is 0 Å². The molecule has 0 saturated carbocycles. The molecule has 0 N–H and O–H groups in total. The van der Waals surface area contributed by atoms with Crippen molar-refractivity contribution in [3.63, 3.8) is 0 Å². The second-order valence-corrected chi connectivity index (χ2v) is 4.68. The van der Waals surface area contributed by atoms with Gasteiger partial charge >= 0.3 is 0 Å². The average Bonchev–Trinajstić information content (AvgIpc) is 2.39. The maximum absolute atomic E-state index is 13.2. The van der Waals surface area contributed by atoms with Crippen molar-refractivity contribution in [1.82, 2.24) is 4.90 Å². The molecule has 2 aliphatic rings. The fraction of sp³-hybridized carbons (Fsp3) is 0.800. The van der Waals surface area contributed by atoms with Gasteiger partial charge in [0, 0.05) is 17.6 Å². The van der Waals surface area contributed by atoms with Crippen molar-refractivity contribution >= 4 is 7.85 Å². The summed E-state index contributed by atoms with van der Waals surface area (Å²) in [6.45, 7) is 7.51. The third-order valence-corrected chi connectivity index (χ3v) is 3.84. The predicted octanol–water partition coefficient (Wildman–Crippen LogP) is 1.99. The number of hydrogen-bond acceptors (Lipinski definition) is 1. The lowest BCUT2D eigenvalue weighted by Gasteiger charge is -2.32. The minimum Gasteiger partial charge on any atom is -0.372 e. The largest absolute Gasteiger partial charge is 0.372 e. The Morgan fingerprint density at radius 2 is 2.07 bits per heavy atom. The first-order valence-electron chi connectivity index (χ1n) is 4.91.